The molecule has 2 rings (SSSR count). The van der Waals surface area contributed by atoms with E-state index in [1.807, 2.05) is 19.1 Å². The minimum atomic E-state index is -0.371. The molecule has 0 saturated heterocycles. The van der Waals surface area contributed by atoms with Crippen LogP contribution in [-0.4, -0.2) is 43.8 Å². The molecule has 0 aliphatic rings. The number of aromatic nitrogens is 1. The van der Waals surface area contributed by atoms with Gasteiger partial charge in [-0.1, -0.05) is 12.1 Å². The fourth-order valence-electron chi connectivity index (χ4n) is 2.03. The van der Waals surface area contributed by atoms with Gasteiger partial charge >= 0.3 is 0 Å². The van der Waals surface area contributed by atoms with E-state index >= 15 is 0 Å². The fourth-order valence-corrected chi connectivity index (χ4v) is 2.03. The number of hydrogen-bond donors (Lipinski definition) is 2. The van der Waals surface area contributed by atoms with Crippen LogP contribution in [0, 0.1) is 5.82 Å². The topological polar surface area (TPSA) is 67.8 Å². The van der Waals surface area contributed by atoms with Gasteiger partial charge in [-0.25, -0.2) is 4.39 Å². The molecule has 1 atom stereocenters. The molecule has 1 aromatic heterocycles. The van der Waals surface area contributed by atoms with Crippen molar-refractivity contribution in [2.24, 2.45) is 4.99 Å². The second kappa shape index (κ2) is 10.1. The van der Waals surface area contributed by atoms with Crippen LogP contribution < -0.4 is 20.1 Å². The second-order valence-corrected chi connectivity index (χ2v) is 5.28. The molecule has 0 amide bonds. The van der Waals surface area contributed by atoms with Crippen LogP contribution in [0.1, 0.15) is 6.92 Å². The van der Waals surface area contributed by atoms with Gasteiger partial charge in [0.2, 0.25) is 0 Å². The molecule has 2 aromatic rings. The first-order chi connectivity index (χ1) is 12.2. The summed E-state index contributed by atoms with van der Waals surface area (Å²) in [5.74, 6) is 1.21. The second-order valence-electron chi connectivity index (χ2n) is 5.28. The maximum absolute atomic E-state index is 13.6. The van der Waals surface area contributed by atoms with E-state index in [-0.39, 0.29) is 17.7 Å². The average Bonchev–Trinajstić information content (AvgIpc) is 2.64. The van der Waals surface area contributed by atoms with Crippen LogP contribution in [0.2, 0.25) is 0 Å². The van der Waals surface area contributed by atoms with Gasteiger partial charge in [0.15, 0.2) is 17.5 Å². The number of guanidine groups is 1. The predicted molar refractivity (Wildman–Crippen MR) is 95.6 cm³/mol. The van der Waals surface area contributed by atoms with Crippen molar-refractivity contribution < 1.29 is 13.9 Å². The summed E-state index contributed by atoms with van der Waals surface area (Å²) in [4.78, 5) is 8.11. The minimum absolute atomic E-state index is 0.220. The summed E-state index contributed by atoms with van der Waals surface area (Å²) in [6.07, 6.45) is 3.14. The molecule has 1 aromatic carbocycles. The van der Waals surface area contributed by atoms with E-state index in [4.69, 9.17) is 9.47 Å². The molecule has 6 nitrogen and oxygen atoms in total. The smallest absolute Gasteiger partial charge is 0.191 e. The highest BCUT2D eigenvalue weighted by Crippen LogP contribution is 2.16. The van der Waals surface area contributed by atoms with Crippen molar-refractivity contribution >= 4 is 5.96 Å². The van der Waals surface area contributed by atoms with Gasteiger partial charge in [-0.3, -0.25) is 9.98 Å². The Hall–Kier alpha value is -2.83. The lowest BCUT2D eigenvalue weighted by molar-refractivity contribution is 0.214. The van der Waals surface area contributed by atoms with Crippen LogP contribution >= 0.6 is 0 Å². The summed E-state index contributed by atoms with van der Waals surface area (Å²) in [6.45, 7) is 3.40. The zero-order chi connectivity index (χ0) is 17.9. The van der Waals surface area contributed by atoms with E-state index in [0.29, 0.717) is 25.7 Å². The highest BCUT2D eigenvalue weighted by atomic mass is 19.1. The van der Waals surface area contributed by atoms with E-state index in [2.05, 4.69) is 20.6 Å². The Bertz CT molecular complexity index is 667. The summed E-state index contributed by atoms with van der Waals surface area (Å²) in [6, 6.07) is 10.0. The number of para-hydroxylation sites is 1. The first kappa shape index (κ1) is 18.5. The molecule has 0 radical (unpaired) electrons. The van der Waals surface area contributed by atoms with Gasteiger partial charge in [0.05, 0.1) is 19.3 Å². The van der Waals surface area contributed by atoms with Gasteiger partial charge in [0, 0.05) is 13.2 Å². The van der Waals surface area contributed by atoms with Gasteiger partial charge < -0.3 is 20.1 Å². The normalized spacial score (nSPS) is 12.4. The Kier molecular flexibility index (Phi) is 7.49. The summed E-state index contributed by atoms with van der Waals surface area (Å²) in [5, 5.41) is 6.27. The summed E-state index contributed by atoms with van der Waals surface area (Å²) in [5.41, 5.74) is 0. The summed E-state index contributed by atoms with van der Waals surface area (Å²) in [7, 11) is 1.68. The Morgan fingerprint density at radius 3 is 2.80 bits per heavy atom. The molecule has 0 aliphatic heterocycles. The molecule has 25 heavy (non-hydrogen) atoms. The van der Waals surface area contributed by atoms with Gasteiger partial charge in [-0.05, 0) is 31.2 Å². The number of rotatable bonds is 8. The van der Waals surface area contributed by atoms with Crippen molar-refractivity contribution in [2.75, 3.05) is 26.7 Å². The molecule has 1 unspecified atom stereocenters. The van der Waals surface area contributed by atoms with E-state index in [1.54, 1.807) is 37.6 Å². The van der Waals surface area contributed by atoms with Crippen molar-refractivity contribution in [3.63, 3.8) is 0 Å². The number of ether oxygens (including phenoxy) is 2. The van der Waals surface area contributed by atoms with Crippen LogP contribution in [0.25, 0.3) is 0 Å². The quantitative estimate of drug-likeness (QED) is 0.436. The maximum Gasteiger partial charge on any atom is 0.191 e. The maximum atomic E-state index is 13.6. The molecule has 0 saturated carbocycles. The first-order valence-corrected chi connectivity index (χ1v) is 8.07. The Labute approximate surface area is 147 Å². The van der Waals surface area contributed by atoms with E-state index < -0.39 is 0 Å². The number of nitrogens with zero attached hydrogens (tertiary/aromatic N) is 2. The van der Waals surface area contributed by atoms with Crippen LogP contribution in [0.15, 0.2) is 53.8 Å². The standard InChI is InChI=1S/C18H23FN4O2/c1-14(25-17-8-4-3-7-16(17)19)12-23-18(20-2)22-10-11-24-15-6-5-9-21-13-15/h3-9,13-14H,10-12H2,1-2H3,(H2,20,22,23). The highest BCUT2D eigenvalue weighted by Gasteiger charge is 2.08. The number of benzene rings is 1. The van der Waals surface area contributed by atoms with Crippen LogP contribution in [0.4, 0.5) is 4.39 Å². The molecule has 0 spiro atoms. The first-order valence-electron chi connectivity index (χ1n) is 8.07. The molecule has 134 valence electrons. The molecule has 2 N–H and O–H groups in total. The monoisotopic (exact) mass is 346 g/mol. The highest BCUT2D eigenvalue weighted by molar-refractivity contribution is 5.79. The summed E-state index contributed by atoms with van der Waals surface area (Å²) >= 11 is 0. The fraction of sp³-hybridized carbons (Fsp3) is 0.333. The van der Waals surface area contributed by atoms with Crippen molar-refractivity contribution in [3.05, 3.63) is 54.6 Å². The molecule has 0 aliphatic carbocycles. The van der Waals surface area contributed by atoms with Gasteiger partial charge in [0.25, 0.3) is 0 Å². The third kappa shape index (κ3) is 6.66. The van der Waals surface area contributed by atoms with Crippen molar-refractivity contribution in [1.29, 1.82) is 0 Å². The lowest BCUT2D eigenvalue weighted by atomic mass is 10.3. The van der Waals surface area contributed by atoms with Crippen molar-refractivity contribution in [1.82, 2.24) is 15.6 Å². The van der Waals surface area contributed by atoms with E-state index in [1.165, 1.54) is 6.07 Å². The number of hydrogen-bond acceptors (Lipinski definition) is 4. The Morgan fingerprint density at radius 2 is 2.08 bits per heavy atom. The molecular formula is C18H23FN4O2. The van der Waals surface area contributed by atoms with Crippen molar-refractivity contribution in [2.45, 2.75) is 13.0 Å². The number of aliphatic imine (C=N–C) groups is 1. The third-order valence-electron chi connectivity index (χ3n) is 3.24. The lowest BCUT2D eigenvalue weighted by Gasteiger charge is -2.18. The van der Waals surface area contributed by atoms with Crippen LogP contribution in [0.3, 0.4) is 0 Å². The number of nitrogens with one attached hydrogen (secondary N) is 2. The summed E-state index contributed by atoms with van der Waals surface area (Å²) < 4.78 is 24.7. The van der Waals surface area contributed by atoms with Crippen LogP contribution in [-0.2, 0) is 0 Å². The van der Waals surface area contributed by atoms with Gasteiger partial charge in [-0.15, -0.1) is 0 Å². The van der Waals surface area contributed by atoms with E-state index in [9.17, 15) is 4.39 Å². The zero-order valence-corrected chi connectivity index (χ0v) is 14.4. The van der Waals surface area contributed by atoms with E-state index in [0.717, 1.165) is 5.75 Å². The average molecular weight is 346 g/mol. The zero-order valence-electron chi connectivity index (χ0n) is 14.4. The predicted octanol–water partition coefficient (Wildman–Crippen LogP) is 2.23. The number of pyridine rings is 1. The number of halogens is 1. The molecule has 0 fully saturated rings. The lowest BCUT2D eigenvalue weighted by Crippen LogP contribution is -2.43. The molecular weight excluding hydrogens is 323 g/mol. The Morgan fingerprint density at radius 1 is 1.24 bits per heavy atom. The molecule has 7 heteroatoms. The van der Waals surface area contributed by atoms with Crippen molar-refractivity contribution in [3.8, 4) is 11.5 Å². The largest absolute Gasteiger partial charge is 0.490 e. The molecule has 0 bridgehead atoms. The van der Waals surface area contributed by atoms with Gasteiger partial charge in [-0.2, -0.15) is 0 Å². The third-order valence-corrected chi connectivity index (χ3v) is 3.24. The van der Waals surface area contributed by atoms with Crippen LogP contribution in [0.5, 0.6) is 11.5 Å². The molecule has 1 heterocycles. The SMILES string of the molecule is CN=C(NCCOc1cccnc1)NCC(C)Oc1ccccc1F. The minimum Gasteiger partial charge on any atom is -0.490 e. The Balaban J connectivity index is 1.66. The van der Waals surface area contributed by atoms with Gasteiger partial charge in [0.1, 0.15) is 18.5 Å².